The van der Waals surface area contributed by atoms with Gasteiger partial charge in [0.25, 0.3) is 5.91 Å². The number of rotatable bonds is 4. The Balaban J connectivity index is 2.88. The first-order valence-electron chi connectivity index (χ1n) is 5.32. The number of nitrogens with one attached hydrogen (secondary N) is 1. The summed E-state index contributed by atoms with van der Waals surface area (Å²) in [4.78, 5) is 11.2. The van der Waals surface area contributed by atoms with Crippen LogP contribution in [0.4, 0.5) is 13.2 Å². The van der Waals surface area contributed by atoms with Gasteiger partial charge in [-0.2, -0.15) is 18.4 Å². The van der Waals surface area contributed by atoms with Crippen LogP contribution < -0.4 is 10.1 Å². The fourth-order valence-corrected chi connectivity index (χ4v) is 1.29. The Labute approximate surface area is 113 Å². The highest BCUT2D eigenvalue weighted by Crippen LogP contribution is 2.36. The van der Waals surface area contributed by atoms with Crippen LogP contribution in [0.3, 0.4) is 0 Å². The number of nitrogens with zero attached hydrogens (tertiary/aromatic N) is 1. The van der Waals surface area contributed by atoms with Gasteiger partial charge in [0.15, 0.2) is 6.61 Å². The third-order valence-corrected chi connectivity index (χ3v) is 2.16. The van der Waals surface area contributed by atoms with Gasteiger partial charge in [0.1, 0.15) is 5.75 Å². The highest BCUT2D eigenvalue weighted by molar-refractivity contribution is 5.77. The molecule has 0 heterocycles. The minimum absolute atomic E-state index is 0.0400. The summed E-state index contributed by atoms with van der Waals surface area (Å²) in [6.45, 7) is -0.641. The van der Waals surface area contributed by atoms with Crippen molar-refractivity contribution in [3.05, 3.63) is 29.3 Å². The number of alkyl halides is 3. The Morgan fingerprint density at radius 3 is 2.70 bits per heavy atom. The van der Waals surface area contributed by atoms with Crippen molar-refractivity contribution in [2.24, 2.45) is 0 Å². The molecule has 1 rings (SSSR count). The lowest BCUT2D eigenvalue weighted by atomic mass is 10.1. The molecule has 0 spiro atoms. The Morgan fingerprint density at radius 1 is 1.45 bits per heavy atom. The number of hydrogen-bond donors (Lipinski definition) is 1. The smallest absolute Gasteiger partial charge is 0.420 e. The lowest BCUT2D eigenvalue weighted by Crippen LogP contribution is -2.29. The van der Waals surface area contributed by atoms with Crippen LogP contribution in [0.25, 0.3) is 0 Å². The minimum atomic E-state index is -4.68. The zero-order valence-corrected chi connectivity index (χ0v) is 10.1. The Morgan fingerprint density at radius 2 is 2.15 bits per heavy atom. The Bertz CT molecular complexity index is 583. The SMILES string of the molecule is C#CCNC(=O)COc1ccc(C#N)cc1C(F)(F)F. The molecule has 0 radical (unpaired) electrons. The van der Waals surface area contributed by atoms with Crippen LogP contribution in [0.2, 0.25) is 0 Å². The quantitative estimate of drug-likeness (QED) is 0.855. The van der Waals surface area contributed by atoms with Gasteiger partial charge in [-0.3, -0.25) is 4.79 Å². The number of nitriles is 1. The van der Waals surface area contributed by atoms with Crippen molar-refractivity contribution in [3.63, 3.8) is 0 Å². The first kappa shape index (κ1) is 15.4. The number of hydrogen-bond acceptors (Lipinski definition) is 3. The number of benzene rings is 1. The van der Waals surface area contributed by atoms with Crippen LogP contribution in [-0.4, -0.2) is 19.1 Å². The molecule has 20 heavy (non-hydrogen) atoms. The molecule has 1 aromatic carbocycles. The summed E-state index contributed by atoms with van der Waals surface area (Å²) in [7, 11) is 0. The van der Waals surface area contributed by atoms with Gasteiger partial charge in [-0.25, -0.2) is 0 Å². The Hall–Kier alpha value is -2.67. The highest BCUT2D eigenvalue weighted by atomic mass is 19.4. The molecule has 0 unspecified atom stereocenters. The predicted molar refractivity (Wildman–Crippen MR) is 63.5 cm³/mol. The minimum Gasteiger partial charge on any atom is -0.483 e. The van der Waals surface area contributed by atoms with Crippen LogP contribution in [-0.2, 0) is 11.0 Å². The average molecular weight is 282 g/mol. The van der Waals surface area contributed by atoms with Crippen molar-refractivity contribution in [2.75, 3.05) is 13.2 Å². The molecule has 7 heteroatoms. The normalized spacial score (nSPS) is 10.2. The zero-order valence-electron chi connectivity index (χ0n) is 10.1. The molecule has 0 aliphatic rings. The topological polar surface area (TPSA) is 62.1 Å². The molecule has 0 atom stereocenters. The standard InChI is InChI=1S/C13H9F3N2O2/c1-2-5-18-12(19)8-20-11-4-3-9(7-17)6-10(11)13(14,15)16/h1,3-4,6H,5,8H2,(H,18,19). The number of amides is 1. The van der Waals surface area contributed by atoms with E-state index in [1.165, 1.54) is 6.07 Å². The molecule has 0 bridgehead atoms. The second-order valence-corrected chi connectivity index (χ2v) is 3.59. The van der Waals surface area contributed by atoms with Gasteiger partial charge in [-0.05, 0) is 18.2 Å². The van der Waals surface area contributed by atoms with E-state index in [0.29, 0.717) is 6.07 Å². The monoisotopic (exact) mass is 282 g/mol. The Kier molecular flexibility index (Phi) is 4.99. The van der Waals surface area contributed by atoms with Crippen molar-refractivity contribution >= 4 is 5.91 Å². The van der Waals surface area contributed by atoms with E-state index in [0.717, 1.165) is 6.07 Å². The van der Waals surface area contributed by atoms with E-state index in [4.69, 9.17) is 16.4 Å². The number of halogens is 3. The van der Waals surface area contributed by atoms with E-state index in [2.05, 4.69) is 11.2 Å². The van der Waals surface area contributed by atoms with E-state index < -0.39 is 30.0 Å². The van der Waals surface area contributed by atoms with Gasteiger partial charge in [-0.15, -0.1) is 6.42 Å². The first-order valence-corrected chi connectivity index (χ1v) is 5.32. The van der Waals surface area contributed by atoms with Gasteiger partial charge < -0.3 is 10.1 Å². The van der Waals surface area contributed by atoms with Crippen molar-refractivity contribution in [2.45, 2.75) is 6.18 Å². The molecule has 104 valence electrons. The van der Waals surface area contributed by atoms with Gasteiger partial charge in [0, 0.05) is 0 Å². The average Bonchev–Trinajstić information content (AvgIpc) is 2.41. The number of carbonyl (C=O) groups is 1. The second kappa shape index (κ2) is 6.48. The fraction of sp³-hybridized carbons (Fsp3) is 0.231. The lowest BCUT2D eigenvalue weighted by Gasteiger charge is -2.13. The maximum atomic E-state index is 12.8. The molecule has 0 aliphatic heterocycles. The van der Waals surface area contributed by atoms with Gasteiger partial charge in [0.05, 0.1) is 23.7 Å². The predicted octanol–water partition coefficient (Wildman–Crippen LogP) is 1.71. The van der Waals surface area contributed by atoms with Gasteiger partial charge >= 0.3 is 6.18 Å². The van der Waals surface area contributed by atoms with Crippen LogP contribution in [0.15, 0.2) is 18.2 Å². The molecule has 0 fully saturated rings. The number of terminal acetylenes is 1. The van der Waals surface area contributed by atoms with Gasteiger partial charge in [0.2, 0.25) is 0 Å². The molecule has 0 aromatic heterocycles. The molecular formula is C13H9F3N2O2. The number of ether oxygens (including phenoxy) is 1. The largest absolute Gasteiger partial charge is 0.483 e. The maximum Gasteiger partial charge on any atom is 0.420 e. The van der Waals surface area contributed by atoms with Crippen LogP contribution in [0.1, 0.15) is 11.1 Å². The van der Waals surface area contributed by atoms with Crippen LogP contribution in [0.5, 0.6) is 5.75 Å². The van der Waals surface area contributed by atoms with Gasteiger partial charge in [-0.1, -0.05) is 5.92 Å². The molecular weight excluding hydrogens is 273 g/mol. The van der Waals surface area contributed by atoms with E-state index in [-0.39, 0.29) is 12.1 Å². The molecule has 1 amide bonds. The molecule has 4 nitrogen and oxygen atoms in total. The summed E-state index contributed by atoms with van der Waals surface area (Å²) >= 11 is 0. The summed E-state index contributed by atoms with van der Waals surface area (Å²) in [5.74, 6) is 0.984. The molecule has 0 aliphatic carbocycles. The summed E-state index contributed by atoms with van der Waals surface area (Å²) in [6, 6.07) is 4.43. The van der Waals surface area contributed by atoms with Crippen LogP contribution >= 0.6 is 0 Å². The summed E-state index contributed by atoms with van der Waals surface area (Å²) in [6.07, 6.45) is 0.229. The molecule has 1 aromatic rings. The zero-order chi connectivity index (χ0) is 15.2. The third-order valence-electron chi connectivity index (χ3n) is 2.16. The fourth-order valence-electron chi connectivity index (χ4n) is 1.29. The first-order chi connectivity index (χ1) is 9.38. The molecule has 0 saturated heterocycles. The molecule has 0 saturated carbocycles. The second-order valence-electron chi connectivity index (χ2n) is 3.59. The van der Waals surface area contributed by atoms with Crippen molar-refractivity contribution in [1.82, 2.24) is 5.32 Å². The van der Waals surface area contributed by atoms with E-state index in [1.54, 1.807) is 6.07 Å². The summed E-state index contributed by atoms with van der Waals surface area (Å²) < 4.78 is 43.1. The number of carbonyl (C=O) groups excluding carboxylic acids is 1. The summed E-state index contributed by atoms with van der Waals surface area (Å²) in [5.41, 5.74) is -1.26. The summed E-state index contributed by atoms with van der Waals surface area (Å²) in [5, 5.41) is 10.8. The van der Waals surface area contributed by atoms with Crippen molar-refractivity contribution < 1.29 is 22.7 Å². The maximum absolute atomic E-state index is 12.8. The van der Waals surface area contributed by atoms with Crippen molar-refractivity contribution in [1.29, 1.82) is 5.26 Å². The van der Waals surface area contributed by atoms with E-state index in [9.17, 15) is 18.0 Å². The third kappa shape index (κ3) is 4.21. The van der Waals surface area contributed by atoms with E-state index in [1.807, 2.05) is 0 Å². The molecule has 1 N–H and O–H groups in total. The van der Waals surface area contributed by atoms with E-state index >= 15 is 0 Å². The van der Waals surface area contributed by atoms with Crippen LogP contribution in [0, 0.1) is 23.7 Å². The lowest BCUT2D eigenvalue weighted by molar-refractivity contribution is -0.139. The highest BCUT2D eigenvalue weighted by Gasteiger charge is 2.34. The van der Waals surface area contributed by atoms with Crippen molar-refractivity contribution in [3.8, 4) is 24.2 Å².